The van der Waals surface area contributed by atoms with Crippen LogP contribution in [0.3, 0.4) is 0 Å². The highest BCUT2D eigenvalue weighted by Crippen LogP contribution is 2.26. The molecule has 0 bridgehead atoms. The zero-order chi connectivity index (χ0) is 16.4. The Bertz CT molecular complexity index is 888. The molecule has 0 aliphatic carbocycles. The van der Waals surface area contributed by atoms with Gasteiger partial charge >= 0.3 is 0 Å². The van der Waals surface area contributed by atoms with Crippen molar-refractivity contribution < 1.29 is 14.7 Å². The van der Waals surface area contributed by atoms with Crippen LogP contribution >= 0.6 is 0 Å². The molecule has 6 heteroatoms. The Morgan fingerprint density at radius 2 is 2.09 bits per heavy atom. The lowest BCUT2D eigenvalue weighted by atomic mass is 10.1. The van der Waals surface area contributed by atoms with Crippen LogP contribution in [-0.2, 0) is 11.8 Å². The van der Waals surface area contributed by atoms with Crippen molar-refractivity contribution in [1.29, 1.82) is 0 Å². The first kappa shape index (κ1) is 15.3. The van der Waals surface area contributed by atoms with E-state index in [-0.39, 0.29) is 12.3 Å². The summed E-state index contributed by atoms with van der Waals surface area (Å²) in [7, 11) is 1.48. The summed E-state index contributed by atoms with van der Waals surface area (Å²) in [6.45, 7) is 1.09. The van der Waals surface area contributed by atoms with Crippen molar-refractivity contribution in [2.45, 2.75) is 6.92 Å². The van der Waals surface area contributed by atoms with Gasteiger partial charge in [0.1, 0.15) is 17.1 Å². The van der Waals surface area contributed by atoms with Gasteiger partial charge in [0.15, 0.2) is 0 Å². The SMILES string of the molecule is C#Cc1ccc2c(O)c(C(=O)NCC(C)=O)c(=O)n(C)c2c1. The minimum absolute atomic E-state index is 0.213. The highest BCUT2D eigenvalue weighted by molar-refractivity contribution is 6.03. The number of hydrogen-bond acceptors (Lipinski definition) is 4. The molecule has 2 rings (SSSR count). The highest BCUT2D eigenvalue weighted by Gasteiger charge is 2.21. The van der Waals surface area contributed by atoms with Crippen LogP contribution in [0.15, 0.2) is 23.0 Å². The third-order valence-electron chi connectivity index (χ3n) is 3.26. The van der Waals surface area contributed by atoms with Crippen LogP contribution < -0.4 is 10.9 Å². The van der Waals surface area contributed by atoms with E-state index in [1.165, 1.54) is 18.5 Å². The quantitative estimate of drug-likeness (QED) is 0.810. The number of Topliss-reactive ketones (excluding diaryl/α,β-unsaturated/α-hetero) is 1. The predicted molar refractivity (Wildman–Crippen MR) is 81.8 cm³/mol. The Hall–Kier alpha value is -3.07. The summed E-state index contributed by atoms with van der Waals surface area (Å²) in [5, 5.41) is 12.9. The van der Waals surface area contributed by atoms with Crippen LogP contribution in [0.25, 0.3) is 10.9 Å². The summed E-state index contributed by atoms with van der Waals surface area (Å²) in [4.78, 5) is 35.3. The molecule has 0 aliphatic rings. The van der Waals surface area contributed by atoms with E-state index >= 15 is 0 Å². The number of nitrogens with one attached hydrogen (secondary N) is 1. The van der Waals surface area contributed by atoms with E-state index in [2.05, 4.69) is 11.2 Å². The van der Waals surface area contributed by atoms with Crippen LogP contribution in [0.4, 0.5) is 0 Å². The van der Waals surface area contributed by atoms with E-state index in [1.54, 1.807) is 18.2 Å². The molecule has 0 saturated heterocycles. The van der Waals surface area contributed by atoms with Crippen molar-refractivity contribution in [2.24, 2.45) is 7.05 Å². The largest absolute Gasteiger partial charge is 0.506 e. The van der Waals surface area contributed by atoms with Gasteiger partial charge in [0, 0.05) is 18.0 Å². The molecule has 112 valence electrons. The summed E-state index contributed by atoms with van der Waals surface area (Å²) in [6, 6.07) is 4.72. The van der Waals surface area contributed by atoms with Crippen LogP contribution in [-0.4, -0.2) is 27.9 Å². The van der Waals surface area contributed by atoms with Crippen LogP contribution in [0.5, 0.6) is 5.75 Å². The molecule has 2 aromatic rings. The molecule has 2 N–H and O–H groups in total. The zero-order valence-electron chi connectivity index (χ0n) is 12.1. The predicted octanol–water partition coefficient (Wildman–Crippen LogP) is 0.544. The highest BCUT2D eigenvalue weighted by atomic mass is 16.3. The lowest BCUT2D eigenvalue weighted by Gasteiger charge is -2.12. The van der Waals surface area contributed by atoms with E-state index < -0.39 is 22.8 Å². The van der Waals surface area contributed by atoms with Gasteiger partial charge in [-0.1, -0.05) is 5.92 Å². The first-order chi connectivity index (χ1) is 10.4. The summed E-state index contributed by atoms with van der Waals surface area (Å²) < 4.78 is 1.23. The van der Waals surface area contributed by atoms with Crippen molar-refractivity contribution in [3.05, 3.63) is 39.7 Å². The summed E-state index contributed by atoms with van der Waals surface area (Å²) >= 11 is 0. The van der Waals surface area contributed by atoms with Crippen LogP contribution in [0.1, 0.15) is 22.8 Å². The van der Waals surface area contributed by atoms with Gasteiger partial charge in [0.2, 0.25) is 0 Å². The third-order valence-corrected chi connectivity index (χ3v) is 3.26. The second-order valence-electron chi connectivity index (χ2n) is 4.85. The maximum Gasteiger partial charge on any atom is 0.267 e. The molecule has 6 nitrogen and oxygen atoms in total. The minimum atomic E-state index is -0.795. The topological polar surface area (TPSA) is 88.4 Å². The smallest absolute Gasteiger partial charge is 0.267 e. The molecule has 1 heterocycles. The molecule has 0 fully saturated rings. The first-order valence-corrected chi connectivity index (χ1v) is 6.46. The fourth-order valence-electron chi connectivity index (χ4n) is 2.11. The number of nitrogens with zero attached hydrogens (tertiary/aromatic N) is 1. The number of aryl methyl sites for hydroxylation is 1. The number of carbonyl (C=O) groups is 2. The van der Waals surface area contributed by atoms with E-state index in [4.69, 9.17) is 6.42 Å². The maximum absolute atomic E-state index is 12.3. The van der Waals surface area contributed by atoms with Gasteiger partial charge in [-0.3, -0.25) is 14.4 Å². The Morgan fingerprint density at radius 1 is 1.41 bits per heavy atom. The van der Waals surface area contributed by atoms with E-state index in [0.29, 0.717) is 16.5 Å². The van der Waals surface area contributed by atoms with Crippen molar-refractivity contribution in [2.75, 3.05) is 6.54 Å². The van der Waals surface area contributed by atoms with Crippen molar-refractivity contribution in [1.82, 2.24) is 9.88 Å². The monoisotopic (exact) mass is 298 g/mol. The normalized spacial score (nSPS) is 10.2. The van der Waals surface area contributed by atoms with Crippen molar-refractivity contribution >= 4 is 22.6 Å². The standard InChI is InChI=1S/C16H14N2O4/c1-4-10-5-6-11-12(7-10)18(3)16(22)13(14(11)20)15(21)17-8-9(2)19/h1,5-7,20H,8H2,2-3H3,(H,17,21). The molecule has 1 aromatic carbocycles. The van der Waals surface area contributed by atoms with Gasteiger partial charge in [0.25, 0.3) is 11.5 Å². The van der Waals surface area contributed by atoms with Crippen molar-refractivity contribution in [3.63, 3.8) is 0 Å². The molecule has 0 atom stereocenters. The number of amides is 1. The molecule has 22 heavy (non-hydrogen) atoms. The molecule has 0 unspecified atom stereocenters. The average molecular weight is 298 g/mol. The van der Waals surface area contributed by atoms with Gasteiger partial charge in [-0.05, 0) is 25.1 Å². The van der Waals surface area contributed by atoms with Gasteiger partial charge in [-0.15, -0.1) is 6.42 Å². The average Bonchev–Trinajstić information content (AvgIpc) is 2.50. The maximum atomic E-state index is 12.3. The number of hydrogen-bond donors (Lipinski definition) is 2. The van der Waals surface area contributed by atoms with Gasteiger partial charge in [-0.2, -0.15) is 0 Å². The number of carbonyl (C=O) groups excluding carboxylic acids is 2. The van der Waals surface area contributed by atoms with E-state index in [1.807, 2.05) is 0 Å². The molecule has 0 spiro atoms. The van der Waals surface area contributed by atoms with Gasteiger partial charge in [-0.25, -0.2) is 0 Å². The zero-order valence-corrected chi connectivity index (χ0v) is 12.1. The number of aromatic nitrogens is 1. The molecule has 0 radical (unpaired) electrons. The number of fused-ring (bicyclic) bond motifs is 1. The number of pyridine rings is 1. The first-order valence-electron chi connectivity index (χ1n) is 6.46. The fourth-order valence-corrected chi connectivity index (χ4v) is 2.11. The summed E-state index contributed by atoms with van der Waals surface area (Å²) in [5.74, 6) is 0.958. The number of ketones is 1. The second kappa shape index (κ2) is 5.74. The number of rotatable bonds is 3. The Labute approximate surface area is 126 Å². The Morgan fingerprint density at radius 3 is 2.68 bits per heavy atom. The second-order valence-corrected chi connectivity index (χ2v) is 4.85. The number of aromatic hydroxyl groups is 1. The fraction of sp³-hybridized carbons (Fsp3) is 0.188. The number of terminal acetylenes is 1. The minimum Gasteiger partial charge on any atom is -0.506 e. The molecule has 0 aliphatic heterocycles. The van der Waals surface area contributed by atoms with Crippen LogP contribution in [0, 0.1) is 12.3 Å². The molecule has 1 aromatic heterocycles. The Balaban J connectivity index is 2.67. The summed E-state index contributed by atoms with van der Waals surface area (Å²) in [5.41, 5.74) is -0.0957. The summed E-state index contributed by atoms with van der Waals surface area (Å²) in [6.07, 6.45) is 5.32. The molecular weight excluding hydrogens is 284 g/mol. The van der Waals surface area contributed by atoms with Gasteiger partial charge < -0.3 is 15.0 Å². The lowest BCUT2D eigenvalue weighted by molar-refractivity contribution is -0.116. The van der Waals surface area contributed by atoms with Crippen molar-refractivity contribution in [3.8, 4) is 18.1 Å². The number of benzene rings is 1. The molecule has 0 saturated carbocycles. The molecular formula is C16H14N2O4. The van der Waals surface area contributed by atoms with Crippen LogP contribution in [0.2, 0.25) is 0 Å². The molecule has 1 amide bonds. The van der Waals surface area contributed by atoms with E-state index in [0.717, 1.165) is 0 Å². The Kier molecular flexibility index (Phi) is 4.00. The van der Waals surface area contributed by atoms with Gasteiger partial charge in [0.05, 0.1) is 12.1 Å². The third kappa shape index (κ3) is 2.56. The van der Waals surface area contributed by atoms with E-state index in [9.17, 15) is 19.5 Å². The lowest BCUT2D eigenvalue weighted by Crippen LogP contribution is -2.34.